The average Bonchev–Trinajstić information content (AvgIpc) is 2.36. The van der Waals surface area contributed by atoms with Crippen LogP contribution in [0.25, 0.3) is 0 Å². The number of carboxylic acid groups (broad SMARTS) is 1. The van der Waals surface area contributed by atoms with E-state index < -0.39 is 16.0 Å². The van der Waals surface area contributed by atoms with E-state index in [1.807, 2.05) is 13.8 Å². The van der Waals surface area contributed by atoms with Crippen LogP contribution in [0.4, 0.5) is 0 Å². The molecule has 0 bridgehead atoms. The molecule has 1 rings (SSSR count). The molecule has 0 aliphatic carbocycles. The second-order valence-corrected chi connectivity index (χ2v) is 6.56. The molecule has 0 amide bonds. The fourth-order valence-electron chi connectivity index (χ4n) is 1.65. The molecule has 1 aromatic rings. The van der Waals surface area contributed by atoms with Crippen molar-refractivity contribution in [3.05, 3.63) is 29.3 Å². The molecule has 0 saturated heterocycles. The van der Waals surface area contributed by atoms with Gasteiger partial charge in [0, 0.05) is 13.1 Å². The van der Waals surface area contributed by atoms with E-state index in [9.17, 15) is 13.2 Å². The fraction of sp³-hybridized carbons (Fsp3) is 0.462. The molecule has 106 valence electrons. The number of aryl methyl sites for hydroxylation is 1. The molecule has 0 aliphatic rings. The lowest BCUT2D eigenvalue weighted by Crippen LogP contribution is -2.34. The van der Waals surface area contributed by atoms with Gasteiger partial charge in [-0.2, -0.15) is 4.31 Å². The van der Waals surface area contributed by atoms with Crippen LogP contribution in [-0.4, -0.2) is 36.9 Å². The second kappa shape index (κ2) is 5.71. The van der Waals surface area contributed by atoms with Crippen LogP contribution >= 0.6 is 0 Å². The summed E-state index contributed by atoms with van der Waals surface area (Å²) in [4.78, 5) is 11.1. The first kappa shape index (κ1) is 15.7. The lowest BCUT2D eigenvalue weighted by molar-refractivity contribution is 0.0696. The Bertz CT molecular complexity index is 580. The highest BCUT2D eigenvalue weighted by Crippen LogP contribution is 2.21. The highest BCUT2D eigenvalue weighted by Gasteiger charge is 2.25. The molecule has 0 aromatic heterocycles. The van der Waals surface area contributed by atoms with Crippen LogP contribution < -0.4 is 0 Å². The molecule has 1 aromatic carbocycles. The second-order valence-electron chi connectivity index (χ2n) is 4.56. The lowest BCUT2D eigenvalue weighted by Gasteiger charge is -2.23. The van der Waals surface area contributed by atoms with Crippen molar-refractivity contribution in [2.45, 2.75) is 38.1 Å². The summed E-state index contributed by atoms with van der Waals surface area (Å²) in [6.45, 7) is 5.34. The van der Waals surface area contributed by atoms with Gasteiger partial charge < -0.3 is 5.11 Å². The largest absolute Gasteiger partial charge is 0.478 e. The Balaban J connectivity index is 3.30. The summed E-state index contributed by atoms with van der Waals surface area (Å²) in [5.74, 6) is -1.12. The molecule has 0 radical (unpaired) electrons. The Morgan fingerprint density at radius 1 is 1.42 bits per heavy atom. The van der Waals surface area contributed by atoms with Crippen LogP contribution in [0.1, 0.15) is 36.2 Å². The average molecular weight is 285 g/mol. The van der Waals surface area contributed by atoms with Gasteiger partial charge in [0.25, 0.3) is 0 Å². The van der Waals surface area contributed by atoms with E-state index in [2.05, 4.69) is 0 Å². The highest BCUT2D eigenvalue weighted by molar-refractivity contribution is 7.89. The normalized spacial score (nSPS) is 13.5. The summed E-state index contributed by atoms with van der Waals surface area (Å²) in [5.41, 5.74) is 0.552. The minimum absolute atomic E-state index is 0.0123. The van der Waals surface area contributed by atoms with E-state index >= 15 is 0 Å². The highest BCUT2D eigenvalue weighted by atomic mass is 32.2. The summed E-state index contributed by atoms with van der Waals surface area (Å²) in [6, 6.07) is 4.03. The number of carboxylic acids is 1. The monoisotopic (exact) mass is 285 g/mol. The van der Waals surface area contributed by atoms with Crippen LogP contribution in [0.5, 0.6) is 0 Å². The van der Waals surface area contributed by atoms with E-state index in [1.165, 1.54) is 29.6 Å². The maximum atomic E-state index is 12.4. The number of sulfonamides is 1. The van der Waals surface area contributed by atoms with Crippen LogP contribution in [0, 0.1) is 6.92 Å². The molecular formula is C13H19NO4S. The maximum Gasteiger partial charge on any atom is 0.335 e. The van der Waals surface area contributed by atoms with Gasteiger partial charge in [-0.05, 0) is 38.0 Å². The Kier molecular flexibility index (Phi) is 4.70. The summed E-state index contributed by atoms with van der Waals surface area (Å²) >= 11 is 0. The van der Waals surface area contributed by atoms with Crippen molar-refractivity contribution in [1.82, 2.24) is 4.31 Å². The molecule has 0 heterocycles. The van der Waals surface area contributed by atoms with E-state index in [0.29, 0.717) is 12.0 Å². The predicted molar refractivity (Wildman–Crippen MR) is 72.8 cm³/mol. The van der Waals surface area contributed by atoms with E-state index in [4.69, 9.17) is 5.11 Å². The van der Waals surface area contributed by atoms with Crippen molar-refractivity contribution in [2.75, 3.05) is 7.05 Å². The third kappa shape index (κ3) is 3.13. The van der Waals surface area contributed by atoms with Gasteiger partial charge in [-0.15, -0.1) is 0 Å². The van der Waals surface area contributed by atoms with E-state index in [0.717, 1.165) is 0 Å². The van der Waals surface area contributed by atoms with Gasteiger partial charge in [0.2, 0.25) is 10.0 Å². The van der Waals surface area contributed by atoms with Crippen LogP contribution in [-0.2, 0) is 10.0 Å². The number of hydrogen-bond donors (Lipinski definition) is 1. The molecular weight excluding hydrogens is 266 g/mol. The van der Waals surface area contributed by atoms with Crippen LogP contribution in [0.3, 0.4) is 0 Å². The molecule has 5 nitrogen and oxygen atoms in total. The van der Waals surface area contributed by atoms with Crippen molar-refractivity contribution in [2.24, 2.45) is 0 Å². The van der Waals surface area contributed by atoms with Crippen molar-refractivity contribution in [3.8, 4) is 0 Å². The van der Waals surface area contributed by atoms with Crippen molar-refractivity contribution in [1.29, 1.82) is 0 Å². The zero-order valence-corrected chi connectivity index (χ0v) is 12.4. The number of hydrogen-bond acceptors (Lipinski definition) is 3. The first-order valence-electron chi connectivity index (χ1n) is 6.03. The third-order valence-electron chi connectivity index (χ3n) is 3.33. The number of benzene rings is 1. The summed E-state index contributed by atoms with van der Waals surface area (Å²) in [6.07, 6.45) is 0.688. The zero-order chi connectivity index (χ0) is 14.8. The number of nitrogens with zero attached hydrogens (tertiary/aromatic N) is 1. The minimum Gasteiger partial charge on any atom is -0.478 e. The van der Waals surface area contributed by atoms with Crippen LogP contribution in [0.15, 0.2) is 23.1 Å². The molecule has 0 saturated carbocycles. The SMILES string of the molecule is CCC(C)N(C)S(=O)(=O)c1ccc(C)c(C(=O)O)c1. The smallest absolute Gasteiger partial charge is 0.335 e. The summed E-state index contributed by atoms with van der Waals surface area (Å²) in [7, 11) is -2.15. The number of carbonyl (C=O) groups is 1. The minimum atomic E-state index is -3.65. The molecule has 1 unspecified atom stereocenters. The first-order valence-corrected chi connectivity index (χ1v) is 7.47. The maximum absolute atomic E-state index is 12.4. The standard InChI is InChI=1S/C13H19NO4S/c1-5-10(3)14(4)19(17,18)11-7-6-9(2)12(8-11)13(15)16/h6-8,10H,5H2,1-4H3,(H,15,16). The van der Waals surface area contributed by atoms with Gasteiger partial charge in [0.15, 0.2) is 0 Å². The van der Waals surface area contributed by atoms with Crippen molar-refractivity contribution >= 4 is 16.0 Å². The van der Waals surface area contributed by atoms with Gasteiger partial charge in [-0.1, -0.05) is 13.0 Å². The van der Waals surface area contributed by atoms with Gasteiger partial charge in [-0.3, -0.25) is 0 Å². The molecule has 1 N–H and O–H groups in total. The van der Waals surface area contributed by atoms with Crippen molar-refractivity contribution in [3.63, 3.8) is 0 Å². The van der Waals surface area contributed by atoms with Crippen molar-refractivity contribution < 1.29 is 18.3 Å². The summed E-state index contributed by atoms with van der Waals surface area (Å²) in [5, 5.41) is 9.04. The number of rotatable bonds is 5. The van der Waals surface area contributed by atoms with E-state index in [-0.39, 0.29) is 16.5 Å². The zero-order valence-electron chi connectivity index (χ0n) is 11.5. The fourth-order valence-corrected chi connectivity index (χ4v) is 3.11. The van der Waals surface area contributed by atoms with Gasteiger partial charge in [-0.25, -0.2) is 13.2 Å². The lowest BCUT2D eigenvalue weighted by atomic mass is 10.1. The Hall–Kier alpha value is -1.40. The van der Waals surface area contributed by atoms with E-state index in [1.54, 1.807) is 6.92 Å². The van der Waals surface area contributed by atoms with Crippen LogP contribution in [0.2, 0.25) is 0 Å². The topological polar surface area (TPSA) is 74.7 Å². The quantitative estimate of drug-likeness (QED) is 0.899. The predicted octanol–water partition coefficient (Wildman–Crippen LogP) is 2.11. The molecule has 0 fully saturated rings. The Morgan fingerprint density at radius 2 is 2.00 bits per heavy atom. The van der Waals surface area contributed by atoms with Gasteiger partial charge >= 0.3 is 5.97 Å². The first-order chi connectivity index (χ1) is 8.71. The van der Waals surface area contributed by atoms with Gasteiger partial charge in [0.1, 0.15) is 0 Å². The molecule has 1 atom stereocenters. The Morgan fingerprint density at radius 3 is 2.47 bits per heavy atom. The third-order valence-corrected chi connectivity index (χ3v) is 5.30. The molecule has 19 heavy (non-hydrogen) atoms. The molecule has 0 aliphatic heterocycles. The number of aromatic carboxylic acids is 1. The van der Waals surface area contributed by atoms with Gasteiger partial charge in [0.05, 0.1) is 10.5 Å². The summed E-state index contributed by atoms with van der Waals surface area (Å²) < 4.78 is 26.0. The molecule has 6 heteroatoms. The Labute approximate surface area is 113 Å². The molecule has 0 spiro atoms.